The fourth-order valence-corrected chi connectivity index (χ4v) is 8.99. The van der Waals surface area contributed by atoms with Crippen LogP contribution < -0.4 is 4.90 Å². The van der Waals surface area contributed by atoms with Crippen molar-refractivity contribution in [2.24, 2.45) is 0 Å². The van der Waals surface area contributed by atoms with E-state index in [0.717, 1.165) is 88.6 Å². The molecule has 0 unspecified atom stereocenters. The van der Waals surface area contributed by atoms with Crippen LogP contribution in [0.4, 0.5) is 17.1 Å². The van der Waals surface area contributed by atoms with E-state index >= 15 is 0 Å². The summed E-state index contributed by atoms with van der Waals surface area (Å²) in [5.74, 6) is 0. The zero-order chi connectivity index (χ0) is 37.5. The summed E-state index contributed by atoms with van der Waals surface area (Å²) in [4.78, 5) is 2.41. The summed E-state index contributed by atoms with van der Waals surface area (Å²) >= 11 is 0. The molecular weight excluding hydrogens is 695 g/mol. The van der Waals surface area contributed by atoms with E-state index in [1.165, 1.54) is 26.9 Å². The average Bonchev–Trinajstić information content (AvgIpc) is 3.87. The van der Waals surface area contributed by atoms with Crippen molar-refractivity contribution in [1.82, 2.24) is 0 Å². The van der Waals surface area contributed by atoms with Gasteiger partial charge in [-0.25, -0.2) is 0 Å². The van der Waals surface area contributed by atoms with E-state index in [9.17, 15) is 0 Å². The Labute approximate surface area is 328 Å². The maximum absolute atomic E-state index is 7.07. The minimum absolute atomic E-state index is 0.849. The quantitative estimate of drug-likeness (QED) is 0.165. The number of nitrogens with zero attached hydrogens (tertiary/aromatic N) is 1. The molecule has 0 bridgehead atoms. The number of hydrogen-bond acceptors (Lipinski definition) is 3. The molecular formula is C54H33NO2. The Kier molecular flexibility index (Phi) is 6.93. The second-order valence-electron chi connectivity index (χ2n) is 14.8. The minimum atomic E-state index is 0.849. The second kappa shape index (κ2) is 12.5. The SMILES string of the molecule is c1ccc(-c2cc(N(c3ccc(-c4cccc5c4oc4ccccc45)cc3)c3ccc4ccccc4c3)c3c(c2)oc2c4ccccc4c4ccccc4c23)cc1. The van der Waals surface area contributed by atoms with Crippen molar-refractivity contribution in [1.29, 1.82) is 0 Å². The molecule has 0 spiro atoms. The highest BCUT2D eigenvalue weighted by Crippen LogP contribution is 2.49. The molecule has 0 radical (unpaired) electrons. The first kappa shape index (κ1) is 31.7. The van der Waals surface area contributed by atoms with Crippen LogP contribution in [0, 0.1) is 0 Å². The van der Waals surface area contributed by atoms with Gasteiger partial charge in [0.05, 0.1) is 11.1 Å². The Morgan fingerprint density at radius 1 is 0.316 bits per heavy atom. The molecule has 0 saturated carbocycles. The number of benzene rings is 10. The van der Waals surface area contributed by atoms with Crippen molar-refractivity contribution >= 4 is 93.3 Å². The molecule has 0 aliphatic carbocycles. The lowest BCUT2D eigenvalue weighted by atomic mass is 9.94. The van der Waals surface area contributed by atoms with Gasteiger partial charge in [-0.3, -0.25) is 0 Å². The topological polar surface area (TPSA) is 29.5 Å². The van der Waals surface area contributed by atoms with Gasteiger partial charge in [-0.2, -0.15) is 0 Å². The Morgan fingerprint density at radius 3 is 1.75 bits per heavy atom. The molecule has 3 heteroatoms. The van der Waals surface area contributed by atoms with E-state index in [2.05, 4.69) is 193 Å². The van der Waals surface area contributed by atoms with Gasteiger partial charge < -0.3 is 13.7 Å². The molecule has 10 aromatic carbocycles. The van der Waals surface area contributed by atoms with Crippen molar-refractivity contribution in [3.63, 3.8) is 0 Å². The van der Waals surface area contributed by atoms with Crippen molar-refractivity contribution in [2.45, 2.75) is 0 Å². The molecule has 0 saturated heterocycles. The highest BCUT2D eigenvalue weighted by atomic mass is 16.3. The fourth-order valence-electron chi connectivity index (χ4n) is 8.99. The van der Waals surface area contributed by atoms with Gasteiger partial charge in [0.15, 0.2) is 0 Å². The average molecular weight is 728 g/mol. The first-order chi connectivity index (χ1) is 28.3. The molecule has 2 aromatic heterocycles. The largest absolute Gasteiger partial charge is 0.455 e. The van der Waals surface area contributed by atoms with Crippen LogP contribution in [0.15, 0.2) is 209 Å². The van der Waals surface area contributed by atoms with Crippen molar-refractivity contribution < 1.29 is 8.83 Å². The number of rotatable bonds is 5. The van der Waals surface area contributed by atoms with Gasteiger partial charge in [-0.05, 0) is 86.1 Å². The fraction of sp³-hybridized carbons (Fsp3) is 0. The maximum Gasteiger partial charge on any atom is 0.143 e. The highest BCUT2D eigenvalue weighted by molar-refractivity contribution is 6.32. The summed E-state index contributed by atoms with van der Waals surface area (Å²) in [6.07, 6.45) is 0. The van der Waals surface area contributed by atoms with Crippen LogP contribution in [0.5, 0.6) is 0 Å². The lowest BCUT2D eigenvalue weighted by molar-refractivity contribution is 0.670. The first-order valence-corrected chi connectivity index (χ1v) is 19.4. The molecule has 0 atom stereocenters. The van der Waals surface area contributed by atoms with Crippen molar-refractivity contribution in [2.75, 3.05) is 4.90 Å². The second-order valence-corrected chi connectivity index (χ2v) is 14.8. The van der Waals surface area contributed by atoms with Gasteiger partial charge in [0.1, 0.15) is 22.3 Å². The molecule has 3 nitrogen and oxygen atoms in total. The molecule has 2 heterocycles. The Hall–Kier alpha value is -7.62. The Balaban J connectivity index is 1.16. The van der Waals surface area contributed by atoms with Crippen molar-refractivity contribution in [3.05, 3.63) is 200 Å². The van der Waals surface area contributed by atoms with Crippen molar-refractivity contribution in [3.8, 4) is 22.3 Å². The molecule has 0 amide bonds. The zero-order valence-electron chi connectivity index (χ0n) is 30.8. The van der Waals surface area contributed by atoms with Gasteiger partial charge in [0, 0.05) is 38.5 Å². The Morgan fingerprint density at radius 2 is 0.930 bits per heavy atom. The molecule has 0 aliphatic heterocycles. The molecule has 12 rings (SSSR count). The summed E-state index contributed by atoms with van der Waals surface area (Å²) < 4.78 is 13.5. The third kappa shape index (κ3) is 4.92. The summed E-state index contributed by atoms with van der Waals surface area (Å²) in [6, 6.07) is 71.5. The standard InChI is InChI=1S/C54H33NO2/c1-2-13-34(14-3-1)38-32-48(52-50(33-38)57-54-46-21-9-7-18-43(46)42-17-6-8-20-45(42)51(52)54)55(40-30-25-35-15-4-5-16-37(35)31-40)39-28-26-36(27-29-39)41-22-12-23-47-44-19-10-11-24-49(44)56-53(41)47/h1-33H. The summed E-state index contributed by atoms with van der Waals surface area (Å²) in [5.41, 5.74) is 11.1. The van der Waals surface area contributed by atoms with E-state index < -0.39 is 0 Å². The Bertz CT molecular complexity index is 3520. The molecule has 0 fully saturated rings. The van der Waals surface area contributed by atoms with Gasteiger partial charge >= 0.3 is 0 Å². The minimum Gasteiger partial charge on any atom is -0.455 e. The predicted octanol–water partition coefficient (Wildman–Crippen LogP) is 15.7. The lowest BCUT2D eigenvalue weighted by Gasteiger charge is -2.27. The number of para-hydroxylation sites is 2. The van der Waals surface area contributed by atoms with E-state index in [0.29, 0.717) is 0 Å². The molecule has 0 N–H and O–H groups in total. The normalized spacial score (nSPS) is 11.9. The molecule has 0 aliphatic rings. The van der Waals surface area contributed by atoms with Crippen LogP contribution in [0.3, 0.4) is 0 Å². The highest BCUT2D eigenvalue weighted by Gasteiger charge is 2.24. The van der Waals surface area contributed by atoms with E-state index in [1.807, 2.05) is 12.1 Å². The van der Waals surface area contributed by atoms with Gasteiger partial charge in [-0.15, -0.1) is 0 Å². The number of anilines is 3. The van der Waals surface area contributed by atoms with E-state index in [1.54, 1.807) is 0 Å². The van der Waals surface area contributed by atoms with Gasteiger partial charge in [-0.1, -0.05) is 158 Å². The van der Waals surface area contributed by atoms with E-state index in [-0.39, 0.29) is 0 Å². The zero-order valence-corrected chi connectivity index (χ0v) is 30.8. The summed E-state index contributed by atoms with van der Waals surface area (Å²) in [7, 11) is 0. The van der Waals surface area contributed by atoms with Crippen LogP contribution in [0.2, 0.25) is 0 Å². The lowest BCUT2D eigenvalue weighted by Crippen LogP contribution is -2.10. The third-order valence-electron chi connectivity index (χ3n) is 11.6. The maximum atomic E-state index is 7.07. The summed E-state index contributed by atoms with van der Waals surface area (Å²) in [5, 5.41) is 11.5. The molecule has 12 aromatic rings. The number of fused-ring (bicyclic) bond motifs is 12. The van der Waals surface area contributed by atoms with Gasteiger partial charge in [0.2, 0.25) is 0 Å². The predicted molar refractivity (Wildman–Crippen MR) is 239 cm³/mol. The van der Waals surface area contributed by atoms with Crippen LogP contribution >= 0.6 is 0 Å². The number of furan rings is 2. The number of hydrogen-bond donors (Lipinski definition) is 0. The van der Waals surface area contributed by atoms with Crippen LogP contribution in [0.25, 0.3) is 98.4 Å². The first-order valence-electron chi connectivity index (χ1n) is 19.4. The van der Waals surface area contributed by atoms with Gasteiger partial charge in [0.25, 0.3) is 0 Å². The molecule has 57 heavy (non-hydrogen) atoms. The van der Waals surface area contributed by atoms with Crippen LogP contribution in [-0.2, 0) is 0 Å². The van der Waals surface area contributed by atoms with Crippen LogP contribution in [0.1, 0.15) is 0 Å². The summed E-state index contributed by atoms with van der Waals surface area (Å²) in [6.45, 7) is 0. The monoisotopic (exact) mass is 727 g/mol. The third-order valence-corrected chi connectivity index (χ3v) is 11.6. The smallest absolute Gasteiger partial charge is 0.143 e. The van der Waals surface area contributed by atoms with Crippen LogP contribution in [-0.4, -0.2) is 0 Å². The van der Waals surface area contributed by atoms with E-state index in [4.69, 9.17) is 8.83 Å². The molecule has 266 valence electrons.